The summed E-state index contributed by atoms with van der Waals surface area (Å²) in [5, 5.41) is 8.54. The van der Waals surface area contributed by atoms with E-state index in [4.69, 9.17) is 5.26 Å². The van der Waals surface area contributed by atoms with Crippen molar-refractivity contribution in [3.05, 3.63) is 32.2 Å². The molecule has 0 aliphatic rings. The van der Waals surface area contributed by atoms with Gasteiger partial charge in [0.15, 0.2) is 0 Å². The summed E-state index contributed by atoms with van der Waals surface area (Å²) < 4.78 is 0.427. The van der Waals surface area contributed by atoms with Crippen molar-refractivity contribution in [1.82, 2.24) is 4.98 Å². The molecule has 3 nitrogen and oxygen atoms in total. The predicted octanol–water partition coefficient (Wildman–Crippen LogP) is 1.32. The van der Waals surface area contributed by atoms with Crippen LogP contribution in [-0.2, 0) is 0 Å². The van der Waals surface area contributed by atoms with Gasteiger partial charge in [0.05, 0.1) is 10.0 Å². The zero-order chi connectivity index (χ0) is 8.43. The molecule has 0 unspecified atom stereocenters. The fourth-order valence-electron chi connectivity index (χ4n) is 0.714. The monoisotopic (exact) mass is 212 g/mol. The van der Waals surface area contributed by atoms with Gasteiger partial charge in [-0.05, 0) is 28.4 Å². The molecule has 0 saturated heterocycles. The van der Waals surface area contributed by atoms with Gasteiger partial charge in [-0.2, -0.15) is 5.26 Å². The predicted molar refractivity (Wildman–Crippen MR) is 44.2 cm³/mol. The van der Waals surface area contributed by atoms with Gasteiger partial charge in [-0.1, -0.05) is 0 Å². The highest BCUT2D eigenvalue weighted by molar-refractivity contribution is 9.10. The van der Waals surface area contributed by atoms with Crippen LogP contribution < -0.4 is 5.56 Å². The normalized spacial score (nSPS) is 9.18. The molecule has 56 valence electrons. The number of nitrogens with zero attached hydrogens (tertiary/aromatic N) is 1. The molecule has 1 aromatic rings. The van der Waals surface area contributed by atoms with Crippen LogP contribution >= 0.6 is 15.9 Å². The summed E-state index contributed by atoms with van der Waals surface area (Å²) in [6, 6.07) is 1.96. The van der Waals surface area contributed by atoms with Crippen LogP contribution in [0, 0.1) is 18.3 Å². The van der Waals surface area contributed by atoms with Gasteiger partial charge in [0.1, 0.15) is 6.07 Å². The second-order valence-electron chi connectivity index (χ2n) is 2.08. The lowest BCUT2D eigenvalue weighted by atomic mass is 10.2. The number of halogens is 1. The molecule has 0 aliphatic carbocycles. The number of rotatable bonds is 0. The van der Waals surface area contributed by atoms with E-state index < -0.39 is 0 Å². The highest BCUT2D eigenvalue weighted by atomic mass is 79.9. The molecule has 0 atom stereocenters. The van der Waals surface area contributed by atoms with Crippen LogP contribution in [-0.4, -0.2) is 4.98 Å². The number of aromatic amines is 1. The molecule has 1 N–H and O–H groups in total. The summed E-state index contributed by atoms with van der Waals surface area (Å²) >= 11 is 3.08. The van der Waals surface area contributed by atoms with Crippen LogP contribution in [0.1, 0.15) is 11.1 Å². The molecule has 11 heavy (non-hydrogen) atoms. The first kappa shape index (κ1) is 8.02. The number of nitriles is 1. The van der Waals surface area contributed by atoms with Crippen molar-refractivity contribution in [2.45, 2.75) is 6.92 Å². The lowest BCUT2D eigenvalue weighted by Crippen LogP contribution is -2.08. The highest BCUT2D eigenvalue weighted by Gasteiger charge is 2.03. The number of hydrogen-bond acceptors (Lipinski definition) is 2. The van der Waals surface area contributed by atoms with E-state index >= 15 is 0 Å². The van der Waals surface area contributed by atoms with Crippen LogP contribution in [0.5, 0.6) is 0 Å². The molecule has 0 fully saturated rings. The van der Waals surface area contributed by atoms with Crippen LogP contribution in [0.3, 0.4) is 0 Å². The van der Waals surface area contributed by atoms with E-state index in [9.17, 15) is 4.79 Å². The number of pyridine rings is 1. The molecule has 1 rings (SSSR count). The smallest absolute Gasteiger partial charge is 0.262 e. The summed E-state index contributed by atoms with van der Waals surface area (Å²) in [6.45, 7) is 1.72. The molecule has 0 bridgehead atoms. The minimum Gasteiger partial charge on any atom is -0.327 e. The maximum Gasteiger partial charge on any atom is 0.262 e. The average Bonchev–Trinajstić information content (AvgIpc) is 2.01. The number of aromatic nitrogens is 1. The minimum atomic E-state index is -0.207. The third kappa shape index (κ3) is 1.33. The van der Waals surface area contributed by atoms with Gasteiger partial charge in [-0.25, -0.2) is 0 Å². The molecule has 0 saturated carbocycles. The van der Waals surface area contributed by atoms with E-state index in [0.29, 0.717) is 15.6 Å². The van der Waals surface area contributed by atoms with Crippen LogP contribution in [0.2, 0.25) is 0 Å². The molecular weight excluding hydrogens is 208 g/mol. The quantitative estimate of drug-likeness (QED) is 0.706. The number of hydrogen-bond donors (Lipinski definition) is 1. The topological polar surface area (TPSA) is 56.6 Å². The van der Waals surface area contributed by atoms with E-state index in [1.807, 2.05) is 6.07 Å². The Kier molecular flexibility index (Phi) is 2.11. The Bertz CT molecular complexity index is 375. The van der Waals surface area contributed by atoms with E-state index in [0.717, 1.165) is 0 Å². The molecule has 0 aromatic carbocycles. The van der Waals surface area contributed by atoms with Gasteiger partial charge >= 0.3 is 0 Å². The largest absolute Gasteiger partial charge is 0.327 e. The Morgan fingerprint density at radius 3 is 2.91 bits per heavy atom. The van der Waals surface area contributed by atoms with Gasteiger partial charge in [0, 0.05) is 6.20 Å². The van der Waals surface area contributed by atoms with E-state index in [-0.39, 0.29) is 5.56 Å². The summed E-state index contributed by atoms with van der Waals surface area (Å²) in [5.74, 6) is 0. The van der Waals surface area contributed by atoms with Crippen molar-refractivity contribution < 1.29 is 0 Å². The Hall–Kier alpha value is -1.08. The van der Waals surface area contributed by atoms with Crippen LogP contribution in [0.4, 0.5) is 0 Å². The van der Waals surface area contributed by atoms with E-state index in [2.05, 4.69) is 20.9 Å². The first-order chi connectivity index (χ1) is 5.16. The highest BCUT2D eigenvalue weighted by Crippen LogP contribution is 2.12. The second-order valence-corrected chi connectivity index (χ2v) is 2.88. The molecular formula is C7H5BrN2O. The van der Waals surface area contributed by atoms with Gasteiger partial charge in [0.2, 0.25) is 0 Å². The van der Waals surface area contributed by atoms with Gasteiger partial charge in [0.25, 0.3) is 5.56 Å². The molecule has 1 aromatic heterocycles. The van der Waals surface area contributed by atoms with Crippen molar-refractivity contribution >= 4 is 15.9 Å². The molecule has 0 radical (unpaired) electrons. The Morgan fingerprint density at radius 2 is 2.36 bits per heavy atom. The minimum absolute atomic E-state index is 0.207. The lowest BCUT2D eigenvalue weighted by molar-refractivity contribution is 1.16. The molecule has 1 heterocycles. The standard InChI is InChI=1S/C7H5BrN2O/c1-4-5(2-9)3-10-7(11)6(4)8/h3H,1H3,(H,10,11). The fraction of sp³-hybridized carbons (Fsp3) is 0.143. The third-order valence-electron chi connectivity index (χ3n) is 1.40. The van der Waals surface area contributed by atoms with Crippen molar-refractivity contribution in [3.8, 4) is 6.07 Å². The molecule has 0 aliphatic heterocycles. The molecule has 4 heteroatoms. The zero-order valence-electron chi connectivity index (χ0n) is 5.81. The molecule has 0 amide bonds. The fourth-order valence-corrected chi connectivity index (χ4v) is 1.04. The Labute approximate surface area is 71.8 Å². The number of H-pyrrole nitrogens is 1. The van der Waals surface area contributed by atoms with E-state index in [1.54, 1.807) is 6.92 Å². The van der Waals surface area contributed by atoms with Crippen LogP contribution in [0.25, 0.3) is 0 Å². The Balaban J connectivity index is 3.52. The van der Waals surface area contributed by atoms with Crippen molar-refractivity contribution in [2.75, 3.05) is 0 Å². The Morgan fingerprint density at radius 1 is 1.73 bits per heavy atom. The van der Waals surface area contributed by atoms with E-state index in [1.165, 1.54) is 6.20 Å². The van der Waals surface area contributed by atoms with Crippen molar-refractivity contribution in [3.63, 3.8) is 0 Å². The second kappa shape index (κ2) is 2.89. The molecule has 0 spiro atoms. The zero-order valence-corrected chi connectivity index (χ0v) is 7.40. The van der Waals surface area contributed by atoms with Crippen molar-refractivity contribution in [2.24, 2.45) is 0 Å². The lowest BCUT2D eigenvalue weighted by Gasteiger charge is -1.96. The summed E-state index contributed by atoms with van der Waals surface area (Å²) in [4.78, 5) is 13.3. The van der Waals surface area contributed by atoms with Gasteiger partial charge in [-0.3, -0.25) is 4.79 Å². The maximum absolute atomic E-state index is 10.9. The third-order valence-corrected chi connectivity index (χ3v) is 2.36. The first-order valence-electron chi connectivity index (χ1n) is 2.94. The average molecular weight is 213 g/mol. The SMILES string of the molecule is Cc1c(C#N)c[nH]c(=O)c1Br. The van der Waals surface area contributed by atoms with Gasteiger partial charge in [-0.15, -0.1) is 0 Å². The maximum atomic E-state index is 10.9. The van der Waals surface area contributed by atoms with Crippen LogP contribution in [0.15, 0.2) is 15.5 Å². The number of nitrogens with one attached hydrogen (secondary N) is 1. The summed E-state index contributed by atoms with van der Waals surface area (Å²) in [5.41, 5.74) is 0.953. The summed E-state index contributed by atoms with van der Waals surface area (Å²) in [7, 11) is 0. The van der Waals surface area contributed by atoms with Crippen molar-refractivity contribution in [1.29, 1.82) is 5.26 Å². The summed E-state index contributed by atoms with van der Waals surface area (Å²) in [6.07, 6.45) is 1.41. The first-order valence-corrected chi connectivity index (χ1v) is 3.74. The van der Waals surface area contributed by atoms with Gasteiger partial charge < -0.3 is 4.98 Å².